The quantitative estimate of drug-likeness (QED) is 0.397. The molecule has 0 spiro atoms. The van der Waals surface area contributed by atoms with Crippen molar-refractivity contribution in [2.45, 2.75) is 78.9 Å². The van der Waals surface area contributed by atoms with E-state index in [1.807, 2.05) is 12.3 Å². The Hall–Kier alpha value is -3.86. The summed E-state index contributed by atoms with van der Waals surface area (Å²) in [6.07, 6.45) is 8.77. The number of hydrogen-bond donors (Lipinski definition) is 3. The lowest BCUT2D eigenvalue weighted by molar-refractivity contribution is -0.310. The summed E-state index contributed by atoms with van der Waals surface area (Å²) in [5.41, 5.74) is 4.27. The Morgan fingerprint density at radius 1 is 1.15 bits per heavy atom. The Bertz CT molecular complexity index is 1290. The largest absolute Gasteiger partial charge is 0.548 e. The average Bonchev–Trinajstić information content (AvgIpc) is 2.93. The van der Waals surface area contributed by atoms with E-state index in [0.717, 1.165) is 22.9 Å². The van der Waals surface area contributed by atoms with Crippen LogP contribution < -0.4 is 21.2 Å². The molecule has 0 aromatic carbocycles. The van der Waals surface area contributed by atoms with Crippen LogP contribution in [0.4, 0.5) is 0 Å². The lowest BCUT2D eigenvalue weighted by Gasteiger charge is -2.36. The van der Waals surface area contributed by atoms with Crippen molar-refractivity contribution in [2.75, 3.05) is 6.54 Å². The smallest absolute Gasteiger partial charge is 0.258 e. The van der Waals surface area contributed by atoms with Gasteiger partial charge in [-0.1, -0.05) is 26.8 Å². The first-order chi connectivity index (χ1) is 18.8. The highest BCUT2D eigenvalue weighted by molar-refractivity contribution is 5.94. The van der Waals surface area contributed by atoms with Gasteiger partial charge in [-0.3, -0.25) is 29.4 Å². The van der Waals surface area contributed by atoms with Gasteiger partial charge in [-0.2, -0.15) is 0 Å². The Labute approximate surface area is 234 Å². The zero-order chi connectivity index (χ0) is 29.6. The molecule has 11 heteroatoms. The van der Waals surface area contributed by atoms with Gasteiger partial charge in [0.05, 0.1) is 34.8 Å². The minimum absolute atomic E-state index is 0.260. The van der Waals surface area contributed by atoms with Gasteiger partial charge in [-0.05, 0) is 69.7 Å². The summed E-state index contributed by atoms with van der Waals surface area (Å²) in [5, 5.41) is 18.8. The molecule has 0 unspecified atom stereocenters. The highest BCUT2D eigenvalue weighted by Crippen LogP contribution is 2.21. The topological polar surface area (TPSA) is 156 Å². The second kappa shape index (κ2) is 13.0. The number of nitrogens with zero attached hydrogens (tertiary/aromatic N) is 3. The monoisotopic (exact) mass is 551 g/mol. The van der Waals surface area contributed by atoms with Crippen molar-refractivity contribution in [3.05, 3.63) is 41.9 Å². The van der Waals surface area contributed by atoms with E-state index in [4.69, 9.17) is 0 Å². The van der Waals surface area contributed by atoms with Gasteiger partial charge in [0.15, 0.2) is 0 Å². The average molecular weight is 552 g/mol. The number of pyridine rings is 2. The van der Waals surface area contributed by atoms with Crippen molar-refractivity contribution in [3.8, 4) is 0 Å². The molecular weight excluding hydrogens is 512 g/mol. The van der Waals surface area contributed by atoms with E-state index in [9.17, 15) is 24.3 Å². The summed E-state index contributed by atoms with van der Waals surface area (Å²) in [6.45, 7) is 11.0. The molecule has 11 nitrogen and oxygen atoms in total. The maximum atomic E-state index is 13.2. The van der Waals surface area contributed by atoms with Gasteiger partial charge < -0.3 is 20.5 Å². The van der Waals surface area contributed by atoms with E-state index >= 15 is 0 Å². The van der Waals surface area contributed by atoms with E-state index in [0.29, 0.717) is 25.1 Å². The number of carboxylic acid groups (broad SMARTS) is 1. The molecule has 3 rings (SSSR count). The summed E-state index contributed by atoms with van der Waals surface area (Å²) in [5.74, 6) is -2.88. The van der Waals surface area contributed by atoms with Crippen LogP contribution in [0.25, 0.3) is 17.0 Å². The van der Waals surface area contributed by atoms with Crippen LogP contribution >= 0.6 is 0 Å². The molecule has 3 N–H and O–H groups in total. The van der Waals surface area contributed by atoms with Crippen LogP contribution in [-0.2, 0) is 25.6 Å². The molecule has 2 aromatic rings. The van der Waals surface area contributed by atoms with Crippen molar-refractivity contribution in [3.63, 3.8) is 0 Å². The molecule has 0 aliphatic carbocycles. The molecule has 0 radical (unpaired) electrons. The number of amides is 3. The predicted octanol–water partition coefficient (Wildman–Crippen LogP) is 1.12. The zero-order valence-corrected chi connectivity index (χ0v) is 24.0. The first-order valence-electron chi connectivity index (χ1n) is 13.7. The maximum absolute atomic E-state index is 13.2. The number of nitrogens with one attached hydrogen (secondary N) is 3. The Morgan fingerprint density at radius 3 is 2.52 bits per heavy atom. The van der Waals surface area contributed by atoms with Crippen LogP contribution in [0.15, 0.2) is 30.6 Å². The minimum atomic E-state index is -1.28. The molecule has 1 fully saturated rings. The highest BCUT2D eigenvalue weighted by Gasteiger charge is 2.33. The van der Waals surface area contributed by atoms with Crippen LogP contribution in [0.1, 0.15) is 65.6 Å². The number of carbonyl (C=O) groups is 4. The van der Waals surface area contributed by atoms with E-state index < -0.39 is 41.3 Å². The summed E-state index contributed by atoms with van der Waals surface area (Å²) >= 11 is 0. The molecule has 1 saturated heterocycles. The fourth-order valence-electron chi connectivity index (χ4n) is 4.32. The van der Waals surface area contributed by atoms with Gasteiger partial charge in [0.2, 0.25) is 11.8 Å². The van der Waals surface area contributed by atoms with Gasteiger partial charge >= 0.3 is 0 Å². The number of aryl methyl sites for hydroxylation is 1. The van der Waals surface area contributed by atoms with Gasteiger partial charge in [0.25, 0.3) is 5.91 Å². The van der Waals surface area contributed by atoms with Crippen LogP contribution in [0.5, 0.6) is 0 Å². The van der Waals surface area contributed by atoms with Crippen LogP contribution in [0.3, 0.4) is 0 Å². The van der Waals surface area contributed by atoms with E-state index in [-0.39, 0.29) is 11.8 Å². The number of hydrogen-bond acceptors (Lipinski definition) is 8. The third kappa shape index (κ3) is 7.62. The molecule has 216 valence electrons. The highest BCUT2D eigenvalue weighted by atomic mass is 16.4. The van der Waals surface area contributed by atoms with E-state index in [1.165, 1.54) is 11.9 Å². The van der Waals surface area contributed by atoms with E-state index in [1.54, 1.807) is 46.0 Å². The Morgan fingerprint density at radius 2 is 1.88 bits per heavy atom. The van der Waals surface area contributed by atoms with Gasteiger partial charge in [0.1, 0.15) is 12.1 Å². The number of aliphatic carboxylic acids is 1. The molecule has 2 aromatic heterocycles. The normalized spacial score (nSPS) is 17.6. The first-order valence-corrected chi connectivity index (χ1v) is 13.7. The van der Waals surface area contributed by atoms with Crippen molar-refractivity contribution in [1.82, 2.24) is 31.0 Å². The number of carboxylic acids is 1. The fourth-order valence-corrected chi connectivity index (χ4v) is 4.32. The molecule has 1 aliphatic rings. The summed E-state index contributed by atoms with van der Waals surface area (Å²) in [7, 11) is 0. The molecule has 3 heterocycles. The molecule has 0 saturated carbocycles. The number of aromatic nitrogens is 2. The molecule has 0 bridgehead atoms. The second-order valence-electron chi connectivity index (χ2n) is 11.1. The summed E-state index contributed by atoms with van der Waals surface area (Å²) < 4.78 is 0. The Balaban J connectivity index is 1.65. The third-order valence-electron chi connectivity index (χ3n) is 7.01. The van der Waals surface area contributed by atoms with Crippen molar-refractivity contribution in [2.24, 2.45) is 11.3 Å². The van der Waals surface area contributed by atoms with E-state index in [2.05, 4.69) is 39.0 Å². The van der Waals surface area contributed by atoms with Crippen LogP contribution in [0.2, 0.25) is 0 Å². The molecule has 3 atom stereocenters. The van der Waals surface area contributed by atoms with Crippen LogP contribution in [0, 0.1) is 11.3 Å². The Kier molecular flexibility index (Phi) is 9.97. The summed E-state index contributed by atoms with van der Waals surface area (Å²) in [4.78, 5) is 59.2. The number of hydrazine groups is 1. The van der Waals surface area contributed by atoms with Gasteiger partial charge in [-0.25, -0.2) is 5.43 Å². The van der Waals surface area contributed by atoms with Gasteiger partial charge in [0, 0.05) is 18.1 Å². The fraction of sp³-hybridized carbons (Fsp3) is 0.517. The number of rotatable bonds is 10. The van der Waals surface area contributed by atoms with Crippen molar-refractivity contribution in [1.29, 1.82) is 0 Å². The minimum Gasteiger partial charge on any atom is -0.548 e. The third-order valence-corrected chi connectivity index (χ3v) is 7.01. The first kappa shape index (κ1) is 30.7. The predicted molar refractivity (Wildman–Crippen MR) is 149 cm³/mol. The molecule has 1 aliphatic heterocycles. The maximum Gasteiger partial charge on any atom is 0.258 e. The SMILES string of the molecule is CCc1cnc2cnc(/C=C/C(C)(C)C(=O)N[C@H](C(=O)N[C@@H](C)C(=O)N3CCC[C@@H](C(=O)[O-])N3)C(C)C)cc2c1. The number of carbonyl (C=O) groups excluding carboxylic acids is 4. The zero-order valence-electron chi connectivity index (χ0n) is 24.0. The van der Waals surface area contributed by atoms with Crippen molar-refractivity contribution >= 4 is 40.7 Å². The molecule has 40 heavy (non-hydrogen) atoms. The molecular formula is C29H39N6O5-. The summed E-state index contributed by atoms with van der Waals surface area (Å²) in [6, 6.07) is 1.20. The van der Waals surface area contributed by atoms with Crippen LogP contribution in [-0.4, -0.2) is 63.3 Å². The van der Waals surface area contributed by atoms with Gasteiger partial charge in [-0.15, -0.1) is 0 Å². The lowest BCUT2D eigenvalue weighted by Crippen LogP contribution is -2.62. The van der Waals surface area contributed by atoms with Crippen molar-refractivity contribution < 1.29 is 24.3 Å². The second-order valence-corrected chi connectivity index (χ2v) is 11.1. The standard InChI is InChI=1S/C29H40N6O5/c1-7-19-13-20-14-21(30-16-23(20)31-15-19)10-11-29(5,6)28(40)33-24(17(2)3)25(36)32-18(4)26(37)35-12-8-9-22(34-35)27(38)39/h10-11,13-18,22,24,34H,7-9,12H2,1-6H3,(H,32,36)(H,33,40)(H,38,39)/p-1/b11-10+/t18-,22-,24-/m0/s1. The lowest BCUT2D eigenvalue weighted by atomic mass is 9.90. The number of fused-ring (bicyclic) bond motifs is 1. The molecule has 3 amide bonds.